The highest BCUT2D eigenvalue weighted by atomic mass is 35.6. The minimum absolute atomic E-state index is 0.132. The molecule has 8 nitrogen and oxygen atoms in total. The number of para-hydroxylation sites is 1. The highest BCUT2D eigenvalue weighted by Gasteiger charge is 2.47. The Morgan fingerprint density at radius 3 is 1.62 bits per heavy atom. The van der Waals surface area contributed by atoms with Crippen LogP contribution in [0.5, 0.6) is 0 Å². The lowest BCUT2D eigenvalue weighted by Gasteiger charge is -2.24. The topological polar surface area (TPSA) is 132 Å². The van der Waals surface area contributed by atoms with Crippen LogP contribution in [-0.2, 0) is 30.1 Å². The number of sulfone groups is 1. The summed E-state index contributed by atoms with van der Waals surface area (Å²) in [5.41, 5.74) is -0.258. The second kappa shape index (κ2) is 8.39. The predicted molar refractivity (Wildman–Crippen MR) is 96.6 cm³/mol. The fourth-order valence-electron chi connectivity index (χ4n) is 1.07. The Labute approximate surface area is 156 Å². The van der Waals surface area contributed by atoms with Crippen LogP contribution >= 0.6 is 34.8 Å². The van der Waals surface area contributed by atoms with Crippen LogP contribution in [0.25, 0.3) is 0 Å². The molecule has 1 rings (SSSR count). The first-order valence-corrected chi connectivity index (χ1v) is 12.0. The Balaban J connectivity index is 0.000000754. The average Bonchev–Trinajstić information content (AvgIpc) is 2.36. The quantitative estimate of drug-likeness (QED) is 0.674. The highest BCUT2D eigenvalue weighted by molar-refractivity contribution is 8.12. The first kappa shape index (κ1) is 23.7. The lowest BCUT2D eigenvalue weighted by molar-refractivity contribution is 0.585. The van der Waals surface area contributed by atoms with Crippen LogP contribution in [0.15, 0.2) is 30.3 Å². The van der Waals surface area contributed by atoms with Gasteiger partial charge in [-0.1, -0.05) is 59.9 Å². The number of rotatable bonds is 4. The number of nitrogens with two attached hydrogens (primary N) is 1. The van der Waals surface area contributed by atoms with Crippen molar-refractivity contribution in [2.75, 3.05) is 15.7 Å². The molecule has 0 spiro atoms. The van der Waals surface area contributed by atoms with Crippen molar-refractivity contribution in [3.63, 3.8) is 0 Å². The molecule has 0 bridgehead atoms. The number of hydrogen-bond donors (Lipinski definition) is 1. The zero-order valence-electron chi connectivity index (χ0n) is 12.4. The van der Waals surface area contributed by atoms with E-state index in [9.17, 15) is 25.3 Å². The Morgan fingerprint density at radius 1 is 1.00 bits per heavy atom. The van der Waals surface area contributed by atoms with Gasteiger partial charge in [-0.05, 0) is 12.1 Å². The molecule has 0 aliphatic rings. The summed E-state index contributed by atoms with van der Waals surface area (Å²) in [6, 6.07) is 6.74. The fraction of sp³-hybridized carbons (Fsp3) is 0.400. The summed E-state index contributed by atoms with van der Waals surface area (Å²) in [5.74, 6) is 0.243. The van der Waals surface area contributed by atoms with Crippen molar-refractivity contribution in [1.82, 2.24) is 0 Å². The van der Waals surface area contributed by atoms with Crippen molar-refractivity contribution in [2.24, 2.45) is 5.14 Å². The standard InChI is InChI=1S/C7H7Cl3N2O4S2.C3H8O2S/c8-7(9,10)17(13,14)12(18(11,15)16)6-4-2-1-3-5-6;1-3-6(2,4)5/h1-5H,(H2,11,15,16);3H2,1-2H3. The Bertz CT molecular complexity index is 849. The zero-order valence-corrected chi connectivity index (χ0v) is 17.1. The van der Waals surface area contributed by atoms with Crippen molar-refractivity contribution >= 4 is 70.6 Å². The van der Waals surface area contributed by atoms with Gasteiger partial charge in [-0.3, -0.25) is 0 Å². The predicted octanol–water partition coefficient (Wildman–Crippen LogP) is 1.40. The van der Waals surface area contributed by atoms with Gasteiger partial charge in [0.15, 0.2) is 0 Å². The van der Waals surface area contributed by atoms with Crippen LogP contribution < -0.4 is 8.85 Å². The van der Waals surface area contributed by atoms with Gasteiger partial charge in [0.1, 0.15) is 9.84 Å². The zero-order chi connectivity index (χ0) is 19.4. The molecule has 0 aliphatic carbocycles. The maximum absolute atomic E-state index is 11.9. The number of hydrogen-bond acceptors (Lipinski definition) is 6. The number of halogens is 3. The van der Waals surface area contributed by atoms with E-state index in [1.165, 1.54) is 30.5 Å². The molecular formula is C10H15Cl3N2O6S3. The van der Waals surface area contributed by atoms with E-state index in [0.29, 0.717) is 0 Å². The lowest BCUT2D eigenvalue weighted by Crippen LogP contribution is -2.46. The number of sulfonamides is 1. The largest absolute Gasteiger partial charge is 0.312 e. The maximum Gasteiger partial charge on any atom is 0.312 e. The van der Waals surface area contributed by atoms with E-state index in [4.69, 9.17) is 39.9 Å². The monoisotopic (exact) mass is 460 g/mol. The first-order valence-electron chi connectivity index (χ1n) is 5.91. The van der Waals surface area contributed by atoms with Crippen LogP contribution in [0.2, 0.25) is 0 Å². The Hall–Kier alpha value is -0.300. The second-order valence-corrected chi connectivity index (χ2v) is 13.2. The highest BCUT2D eigenvalue weighted by Crippen LogP contribution is 2.38. The summed E-state index contributed by atoms with van der Waals surface area (Å²) in [6.07, 6.45) is 1.22. The van der Waals surface area contributed by atoms with Gasteiger partial charge in [0.25, 0.3) is 10.0 Å². The van der Waals surface area contributed by atoms with Crippen LogP contribution in [-0.4, -0.2) is 40.4 Å². The molecule has 1 aromatic rings. The summed E-state index contributed by atoms with van der Waals surface area (Å²) < 4.78 is 63.5. The molecule has 0 saturated heterocycles. The molecule has 14 heteroatoms. The molecule has 0 saturated carbocycles. The van der Waals surface area contributed by atoms with Gasteiger partial charge < -0.3 is 0 Å². The molecule has 0 heterocycles. The molecule has 1 aromatic carbocycles. The van der Waals surface area contributed by atoms with E-state index in [1.54, 1.807) is 13.0 Å². The molecule has 2 N–H and O–H groups in total. The maximum atomic E-state index is 11.9. The average molecular weight is 462 g/mol. The summed E-state index contributed by atoms with van der Waals surface area (Å²) in [4.78, 5) is 0. The van der Waals surface area contributed by atoms with Gasteiger partial charge in [0, 0.05) is 12.0 Å². The molecule has 140 valence electrons. The van der Waals surface area contributed by atoms with Crippen LogP contribution in [0.4, 0.5) is 5.69 Å². The fourth-order valence-corrected chi connectivity index (χ4v) is 4.49. The van der Waals surface area contributed by atoms with Crippen LogP contribution in [0.1, 0.15) is 6.92 Å². The van der Waals surface area contributed by atoms with Crippen molar-refractivity contribution in [3.05, 3.63) is 30.3 Å². The van der Waals surface area contributed by atoms with Gasteiger partial charge in [-0.2, -0.15) is 8.42 Å². The van der Waals surface area contributed by atoms with E-state index < -0.39 is 33.2 Å². The normalized spacial score (nSPS) is 12.9. The lowest BCUT2D eigenvalue weighted by atomic mass is 10.3. The molecule has 0 aliphatic heterocycles. The van der Waals surface area contributed by atoms with Gasteiger partial charge in [0.2, 0.25) is 0 Å². The molecule has 0 unspecified atom stereocenters. The third kappa shape index (κ3) is 7.30. The summed E-state index contributed by atoms with van der Waals surface area (Å²) >= 11 is 15.8. The number of nitrogens with zero attached hydrogens (tertiary/aromatic N) is 1. The molecule has 0 aromatic heterocycles. The molecule has 0 amide bonds. The third-order valence-electron chi connectivity index (χ3n) is 2.23. The van der Waals surface area contributed by atoms with Gasteiger partial charge >= 0.3 is 13.3 Å². The molecular weight excluding hydrogens is 447 g/mol. The Morgan fingerprint density at radius 2 is 1.38 bits per heavy atom. The van der Waals surface area contributed by atoms with Crippen molar-refractivity contribution in [1.29, 1.82) is 0 Å². The minimum Gasteiger partial charge on any atom is -0.229 e. The van der Waals surface area contributed by atoms with Crippen molar-refractivity contribution in [2.45, 2.75) is 10.0 Å². The first-order chi connectivity index (χ1) is 10.5. The van der Waals surface area contributed by atoms with E-state index in [1.807, 2.05) is 0 Å². The van der Waals surface area contributed by atoms with E-state index in [0.717, 1.165) is 0 Å². The van der Waals surface area contributed by atoms with E-state index in [-0.39, 0.29) is 15.2 Å². The van der Waals surface area contributed by atoms with Crippen LogP contribution in [0.3, 0.4) is 0 Å². The van der Waals surface area contributed by atoms with Crippen molar-refractivity contribution in [3.8, 4) is 0 Å². The second-order valence-electron chi connectivity index (χ2n) is 4.24. The van der Waals surface area contributed by atoms with Crippen LogP contribution in [0, 0.1) is 0 Å². The van der Waals surface area contributed by atoms with E-state index in [2.05, 4.69) is 0 Å². The smallest absolute Gasteiger partial charge is 0.229 e. The Kier molecular flexibility index (Phi) is 8.28. The summed E-state index contributed by atoms with van der Waals surface area (Å²) in [5, 5.41) is 4.84. The van der Waals surface area contributed by atoms with Gasteiger partial charge in [-0.15, -0.1) is 3.71 Å². The van der Waals surface area contributed by atoms with E-state index >= 15 is 0 Å². The van der Waals surface area contributed by atoms with Gasteiger partial charge in [-0.25, -0.2) is 22.0 Å². The third-order valence-corrected chi connectivity index (χ3v) is 8.15. The molecule has 24 heavy (non-hydrogen) atoms. The number of alkyl halides is 3. The minimum atomic E-state index is -4.83. The summed E-state index contributed by atoms with van der Waals surface area (Å²) in [7, 11) is -12.2. The molecule has 0 radical (unpaired) electrons. The molecule has 0 atom stereocenters. The van der Waals surface area contributed by atoms with Crippen molar-refractivity contribution < 1.29 is 25.3 Å². The number of anilines is 1. The molecule has 0 fully saturated rings. The summed E-state index contributed by atoms with van der Waals surface area (Å²) in [6.45, 7) is 1.62. The van der Waals surface area contributed by atoms with Gasteiger partial charge in [0.05, 0.1) is 5.69 Å². The SMILES string of the molecule is CCS(C)(=O)=O.NS(=O)(=O)N(c1ccccc1)S(=O)(=O)C(Cl)(Cl)Cl. The number of benzene rings is 1.